The summed E-state index contributed by atoms with van der Waals surface area (Å²) in [5.41, 5.74) is 2.53. The Bertz CT molecular complexity index is 675. The van der Waals surface area contributed by atoms with Crippen molar-refractivity contribution in [2.75, 3.05) is 4.72 Å². The van der Waals surface area contributed by atoms with Gasteiger partial charge in [0.2, 0.25) is 0 Å². The van der Waals surface area contributed by atoms with E-state index >= 15 is 0 Å². The van der Waals surface area contributed by atoms with Gasteiger partial charge in [-0.1, -0.05) is 28.1 Å². The highest BCUT2D eigenvalue weighted by Crippen LogP contribution is 2.21. The lowest BCUT2D eigenvalue weighted by molar-refractivity contribution is 0.600. The van der Waals surface area contributed by atoms with Crippen molar-refractivity contribution in [1.29, 1.82) is 0 Å². The molecule has 0 saturated heterocycles. The van der Waals surface area contributed by atoms with E-state index in [9.17, 15) is 8.42 Å². The van der Waals surface area contributed by atoms with E-state index in [0.29, 0.717) is 22.4 Å². The number of alkyl halides is 1. The highest BCUT2D eigenvalue weighted by Gasteiger charge is 2.22. The van der Waals surface area contributed by atoms with Crippen LogP contribution in [0.3, 0.4) is 0 Å². The van der Waals surface area contributed by atoms with Crippen molar-refractivity contribution >= 4 is 31.6 Å². The maximum atomic E-state index is 12.3. The number of hydrogen-bond donors (Lipinski definition) is 2. The third-order valence-corrected chi connectivity index (χ3v) is 4.95. The predicted molar refractivity (Wildman–Crippen MR) is 77.9 cm³/mol. The number of aromatic nitrogens is 2. The molecule has 0 spiro atoms. The molecular weight excluding hydrogens is 330 g/mol. The van der Waals surface area contributed by atoms with Crippen LogP contribution in [-0.2, 0) is 15.4 Å². The molecule has 0 saturated carbocycles. The number of rotatable bonds is 4. The van der Waals surface area contributed by atoms with Crippen LogP contribution >= 0.6 is 15.9 Å². The second-order valence-electron chi connectivity index (χ2n) is 4.20. The molecule has 102 valence electrons. The minimum Gasteiger partial charge on any atom is -0.281 e. The standard InChI is InChI=1S/C12H14BrN3O2S/c1-8-12(9(2)15-14-8)19(17,18)16-11-5-3-4-10(6-11)7-13/h3-6,16H,7H2,1-2H3,(H,14,15). The van der Waals surface area contributed by atoms with Crippen LogP contribution in [0.4, 0.5) is 5.69 Å². The molecular formula is C12H14BrN3O2S. The predicted octanol–water partition coefficient (Wildman–Crippen LogP) is 2.72. The molecule has 2 aromatic rings. The quantitative estimate of drug-likeness (QED) is 0.838. The second-order valence-corrected chi connectivity index (χ2v) is 6.38. The number of aromatic amines is 1. The SMILES string of the molecule is Cc1n[nH]c(C)c1S(=O)(=O)Nc1cccc(CBr)c1. The number of nitrogens with zero attached hydrogens (tertiary/aromatic N) is 1. The van der Waals surface area contributed by atoms with Crippen LogP contribution in [0.15, 0.2) is 29.2 Å². The molecule has 5 nitrogen and oxygen atoms in total. The van der Waals surface area contributed by atoms with Gasteiger partial charge in [-0.3, -0.25) is 9.82 Å². The lowest BCUT2D eigenvalue weighted by Crippen LogP contribution is -2.14. The molecule has 0 bridgehead atoms. The smallest absolute Gasteiger partial charge is 0.265 e. The summed E-state index contributed by atoms with van der Waals surface area (Å²) < 4.78 is 27.2. The van der Waals surface area contributed by atoms with E-state index in [1.54, 1.807) is 26.0 Å². The fourth-order valence-electron chi connectivity index (χ4n) is 1.86. The van der Waals surface area contributed by atoms with Gasteiger partial charge in [0, 0.05) is 11.0 Å². The van der Waals surface area contributed by atoms with E-state index in [0.717, 1.165) is 5.56 Å². The van der Waals surface area contributed by atoms with Crippen molar-refractivity contribution in [3.63, 3.8) is 0 Å². The minimum absolute atomic E-state index is 0.205. The van der Waals surface area contributed by atoms with Crippen LogP contribution < -0.4 is 4.72 Å². The number of aryl methyl sites for hydroxylation is 2. The molecule has 2 rings (SSSR count). The van der Waals surface area contributed by atoms with E-state index in [4.69, 9.17) is 0 Å². The topological polar surface area (TPSA) is 74.8 Å². The van der Waals surface area contributed by atoms with Crippen LogP contribution in [0, 0.1) is 13.8 Å². The Balaban J connectivity index is 2.36. The van der Waals surface area contributed by atoms with Crippen molar-refractivity contribution < 1.29 is 8.42 Å². The average molecular weight is 344 g/mol. The number of H-pyrrole nitrogens is 1. The van der Waals surface area contributed by atoms with Gasteiger partial charge in [-0.15, -0.1) is 0 Å². The largest absolute Gasteiger partial charge is 0.281 e. The molecule has 0 aliphatic carbocycles. The summed E-state index contributed by atoms with van der Waals surface area (Å²) in [6.45, 7) is 3.34. The molecule has 2 N–H and O–H groups in total. The molecule has 1 heterocycles. The zero-order valence-electron chi connectivity index (χ0n) is 10.6. The van der Waals surface area contributed by atoms with E-state index in [2.05, 4.69) is 30.8 Å². The van der Waals surface area contributed by atoms with Crippen molar-refractivity contribution in [2.24, 2.45) is 0 Å². The number of sulfonamides is 1. The van der Waals surface area contributed by atoms with E-state index in [1.165, 1.54) is 0 Å². The maximum Gasteiger partial charge on any atom is 0.265 e. The number of hydrogen-bond acceptors (Lipinski definition) is 3. The number of benzene rings is 1. The molecule has 0 aliphatic rings. The molecule has 0 aliphatic heterocycles. The fraction of sp³-hybridized carbons (Fsp3) is 0.250. The van der Waals surface area contributed by atoms with Crippen molar-refractivity contribution in [3.05, 3.63) is 41.2 Å². The molecule has 0 amide bonds. The number of anilines is 1. The molecule has 7 heteroatoms. The first kappa shape index (κ1) is 14.1. The summed E-state index contributed by atoms with van der Waals surface area (Å²) in [6.07, 6.45) is 0. The summed E-state index contributed by atoms with van der Waals surface area (Å²) in [5, 5.41) is 7.25. The van der Waals surface area contributed by atoms with Gasteiger partial charge < -0.3 is 0 Å². The van der Waals surface area contributed by atoms with Gasteiger partial charge in [-0.2, -0.15) is 5.10 Å². The first-order valence-corrected chi connectivity index (χ1v) is 8.24. The van der Waals surface area contributed by atoms with Gasteiger partial charge in [0.1, 0.15) is 4.90 Å². The van der Waals surface area contributed by atoms with Crippen LogP contribution in [0.2, 0.25) is 0 Å². The van der Waals surface area contributed by atoms with Gasteiger partial charge in [-0.05, 0) is 31.5 Å². The number of halogens is 1. The zero-order chi connectivity index (χ0) is 14.0. The normalized spacial score (nSPS) is 11.5. The van der Waals surface area contributed by atoms with Crippen molar-refractivity contribution in [1.82, 2.24) is 10.2 Å². The van der Waals surface area contributed by atoms with E-state index in [-0.39, 0.29) is 4.90 Å². The molecule has 0 radical (unpaired) electrons. The highest BCUT2D eigenvalue weighted by atomic mass is 79.9. The lowest BCUT2D eigenvalue weighted by Gasteiger charge is -2.09. The van der Waals surface area contributed by atoms with Crippen LogP contribution in [0.1, 0.15) is 17.0 Å². The van der Waals surface area contributed by atoms with Gasteiger partial charge >= 0.3 is 0 Å². The molecule has 1 aromatic heterocycles. The average Bonchev–Trinajstić information content (AvgIpc) is 2.69. The third kappa shape index (κ3) is 2.98. The van der Waals surface area contributed by atoms with Gasteiger partial charge in [0.05, 0.1) is 11.4 Å². The first-order valence-electron chi connectivity index (χ1n) is 5.63. The Morgan fingerprint density at radius 3 is 2.68 bits per heavy atom. The Morgan fingerprint density at radius 1 is 1.37 bits per heavy atom. The first-order chi connectivity index (χ1) is 8.94. The second kappa shape index (κ2) is 5.34. The molecule has 0 atom stereocenters. The van der Waals surface area contributed by atoms with Gasteiger partial charge in [0.25, 0.3) is 10.0 Å². The number of nitrogens with one attached hydrogen (secondary N) is 2. The Labute approximate surface area is 120 Å². The molecule has 1 aromatic carbocycles. The zero-order valence-corrected chi connectivity index (χ0v) is 13.0. The lowest BCUT2D eigenvalue weighted by atomic mass is 10.2. The summed E-state index contributed by atoms with van der Waals surface area (Å²) in [5.74, 6) is 0. The summed E-state index contributed by atoms with van der Waals surface area (Å²) >= 11 is 3.34. The Kier molecular flexibility index (Phi) is 3.96. The summed E-state index contributed by atoms with van der Waals surface area (Å²) in [4.78, 5) is 0.205. The van der Waals surface area contributed by atoms with Crippen LogP contribution in [0.25, 0.3) is 0 Å². The van der Waals surface area contributed by atoms with Crippen molar-refractivity contribution in [3.8, 4) is 0 Å². The fourth-order valence-corrected chi connectivity index (χ4v) is 3.63. The van der Waals surface area contributed by atoms with E-state index < -0.39 is 10.0 Å². The highest BCUT2D eigenvalue weighted by molar-refractivity contribution is 9.08. The summed E-state index contributed by atoms with van der Waals surface area (Å²) in [6, 6.07) is 7.23. The van der Waals surface area contributed by atoms with Crippen LogP contribution in [0.5, 0.6) is 0 Å². The van der Waals surface area contributed by atoms with E-state index in [1.807, 2.05) is 12.1 Å². The van der Waals surface area contributed by atoms with Crippen LogP contribution in [-0.4, -0.2) is 18.6 Å². The Hall–Kier alpha value is -1.34. The third-order valence-electron chi connectivity index (χ3n) is 2.66. The minimum atomic E-state index is -3.62. The van der Waals surface area contributed by atoms with Gasteiger partial charge in [-0.25, -0.2) is 8.42 Å². The molecule has 19 heavy (non-hydrogen) atoms. The molecule has 0 fully saturated rings. The van der Waals surface area contributed by atoms with Gasteiger partial charge in [0.15, 0.2) is 0 Å². The molecule has 0 unspecified atom stereocenters. The Morgan fingerprint density at radius 2 is 2.11 bits per heavy atom. The van der Waals surface area contributed by atoms with Crippen molar-refractivity contribution in [2.45, 2.75) is 24.1 Å². The monoisotopic (exact) mass is 343 g/mol. The summed E-state index contributed by atoms with van der Waals surface area (Å²) in [7, 11) is -3.62. The maximum absolute atomic E-state index is 12.3.